The summed E-state index contributed by atoms with van der Waals surface area (Å²) < 4.78 is 5.39. The molecule has 0 radical (unpaired) electrons. The van der Waals surface area contributed by atoms with Gasteiger partial charge < -0.3 is 9.64 Å². The quantitative estimate of drug-likeness (QED) is 0.651. The summed E-state index contributed by atoms with van der Waals surface area (Å²) in [7, 11) is 0. The van der Waals surface area contributed by atoms with E-state index < -0.39 is 0 Å². The van der Waals surface area contributed by atoms with Gasteiger partial charge in [-0.15, -0.1) is 0 Å². The Labute approximate surface area is 90.1 Å². The fourth-order valence-corrected chi connectivity index (χ4v) is 1.83. The molecule has 0 aliphatic carbocycles. The summed E-state index contributed by atoms with van der Waals surface area (Å²) in [5.74, 6) is 0. The highest BCUT2D eigenvalue weighted by Gasteiger charge is 2.18. The molecule has 0 spiro atoms. The van der Waals surface area contributed by atoms with Crippen LogP contribution in [0.1, 0.15) is 6.92 Å². The van der Waals surface area contributed by atoms with Crippen molar-refractivity contribution < 1.29 is 4.74 Å². The van der Waals surface area contributed by atoms with E-state index >= 15 is 0 Å². The van der Waals surface area contributed by atoms with Crippen molar-refractivity contribution in [2.45, 2.75) is 13.0 Å². The molecule has 1 aliphatic heterocycles. The first kappa shape index (κ1) is 10.0. The summed E-state index contributed by atoms with van der Waals surface area (Å²) in [6, 6.07) is 8.16. The molecule has 0 unspecified atom stereocenters. The van der Waals surface area contributed by atoms with E-state index in [1.807, 2.05) is 24.3 Å². The van der Waals surface area contributed by atoms with Crippen LogP contribution in [0.4, 0.5) is 11.4 Å². The Hall–Kier alpha value is -1.53. The summed E-state index contributed by atoms with van der Waals surface area (Å²) in [6.07, 6.45) is 0. The van der Waals surface area contributed by atoms with Crippen molar-refractivity contribution in [3.8, 4) is 0 Å². The van der Waals surface area contributed by atoms with E-state index in [-0.39, 0.29) is 0 Å². The van der Waals surface area contributed by atoms with Crippen LogP contribution in [-0.4, -0.2) is 25.8 Å². The van der Waals surface area contributed by atoms with E-state index in [4.69, 9.17) is 11.3 Å². The minimum absolute atomic E-state index is 0.414. The fraction of sp³-hybridized carbons (Fsp3) is 0.417. The van der Waals surface area contributed by atoms with Crippen molar-refractivity contribution >= 4 is 11.4 Å². The lowest BCUT2D eigenvalue weighted by Gasteiger charge is -2.35. The number of benzene rings is 1. The van der Waals surface area contributed by atoms with Gasteiger partial charge in [0.2, 0.25) is 0 Å². The van der Waals surface area contributed by atoms with E-state index in [0.29, 0.717) is 11.7 Å². The maximum Gasteiger partial charge on any atom is 0.187 e. The molecule has 0 N–H and O–H groups in total. The van der Waals surface area contributed by atoms with E-state index in [9.17, 15) is 0 Å². The first-order chi connectivity index (χ1) is 7.31. The third kappa shape index (κ3) is 2.11. The second-order valence-corrected chi connectivity index (χ2v) is 3.75. The maximum atomic E-state index is 6.89. The third-order valence-corrected chi connectivity index (χ3v) is 2.68. The van der Waals surface area contributed by atoms with Gasteiger partial charge in [0.1, 0.15) is 0 Å². The largest absolute Gasteiger partial charge is 0.377 e. The van der Waals surface area contributed by atoms with Crippen LogP contribution in [0.2, 0.25) is 0 Å². The van der Waals surface area contributed by atoms with Crippen LogP contribution < -0.4 is 4.90 Å². The first-order valence-corrected chi connectivity index (χ1v) is 5.13. The van der Waals surface area contributed by atoms with Crippen LogP contribution >= 0.6 is 0 Å². The van der Waals surface area contributed by atoms with Crippen LogP contribution in [-0.2, 0) is 4.74 Å². The molecule has 3 nitrogen and oxygen atoms in total. The highest BCUT2D eigenvalue weighted by atomic mass is 16.5. The number of morpholine rings is 1. The molecule has 2 rings (SSSR count). The molecule has 1 aliphatic rings. The average Bonchev–Trinajstić information content (AvgIpc) is 2.30. The topological polar surface area (TPSA) is 16.8 Å². The normalized spacial score (nSPS) is 21.1. The van der Waals surface area contributed by atoms with Crippen molar-refractivity contribution in [3.63, 3.8) is 0 Å². The van der Waals surface area contributed by atoms with Crippen LogP contribution in [0.3, 0.4) is 0 Å². The summed E-state index contributed by atoms with van der Waals surface area (Å²) in [6.45, 7) is 11.5. The second kappa shape index (κ2) is 4.33. The average molecular weight is 202 g/mol. The van der Waals surface area contributed by atoms with Crippen LogP contribution in [0.25, 0.3) is 4.85 Å². The molecule has 0 amide bonds. The summed E-state index contributed by atoms with van der Waals surface area (Å²) in [4.78, 5) is 5.70. The molecule has 15 heavy (non-hydrogen) atoms. The molecule has 1 heterocycles. The molecule has 0 saturated carbocycles. The number of rotatable bonds is 1. The smallest absolute Gasteiger partial charge is 0.187 e. The van der Waals surface area contributed by atoms with E-state index in [1.54, 1.807) is 0 Å². The zero-order chi connectivity index (χ0) is 10.7. The molecule has 1 aromatic carbocycles. The Balaban J connectivity index is 2.18. The molecule has 1 saturated heterocycles. The van der Waals surface area contributed by atoms with Crippen LogP contribution in [0.15, 0.2) is 24.3 Å². The number of hydrogen-bond donors (Lipinski definition) is 0. The molecule has 1 atom stereocenters. The van der Waals surface area contributed by atoms with Gasteiger partial charge in [0, 0.05) is 18.3 Å². The number of ether oxygens (including phenoxy) is 1. The lowest BCUT2D eigenvalue weighted by atomic mass is 10.2. The molecule has 1 fully saturated rings. The molecule has 78 valence electrons. The highest BCUT2D eigenvalue weighted by molar-refractivity contribution is 5.56. The first-order valence-electron chi connectivity index (χ1n) is 5.13. The summed E-state index contributed by atoms with van der Waals surface area (Å²) >= 11 is 0. The Kier molecular flexibility index (Phi) is 2.89. The second-order valence-electron chi connectivity index (χ2n) is 3.75. The number of nitrogens with zero attached hydrogens (tertiary/aromatic N) is 2. The van der Waals surface area contributed by atoms with Crippen molar-refractivity contribution in [2.24, 2.45) is 0 Å². The Morgan fingerprint density at radius 3 is 2.73 bits per heavy atom. The maximum absolute atomic E-state index is 6.89. The van der Waals surface area contributed by atoms with Gasteiger partial charge in [-0.05, 0) is 19.1 Å². The Morgan fingerprint density at radius 1 is 1.40 bits per heavy atom. The molecule has 0 bridgehead atoms. The predicted molar refractivity (Wildman–Crippen MR) is 60.3 cm³/mol. The van der Waals surface area contributed by atoms with Crippen molar-refractivity contribution in [1.82, 2.24) is 0 Å². The van der Waals surface area contributed by atoms with Gasteiger partial charge in [0.05, 0.1) is 19.8 Å². The minimum atomic E-state index is 0.414. The van der Waals surface area contributed by atoms with E-state index in [1.165, 1.54) is 5.69 Å². The van der Waals surface area contributed by atoms with Gasteiger partial charge in [0.15, 0.2) is 5.69 Å². The van der Waals surface area contributed by atoms with Gasteiger partial charge in [-0.1, -0.05) is 12.1 Å². The van der Waals surface area contributed by atoms with Gasteiger partial charge in [0.25, 0.3) is 0 Å². The van der Waals surface area contributed by atoms with Gasteiger partial charge in [-0.25, -0.2) is 4.85 Å². The number of hydrogen-bond acceptors (Lipinski definition) is 2. The standard InChI is InChI=1S/C12H14N2O/c1-10-9-15-8-7-14(10)12-5-3-11(13-2)4-6-12/h3-6,10H,7-9H2,1H3/t10-/m0/s1. The number of anilines is 1. The highest BCUT2D eigenvalue weighted by Crippen LogP contribution is 2.22. The van der Waals surface area contributed by atoms with Gasteiger partial charge in [-0.3, -0.25) is 0 Å². The Morgan fingerprint density at radius 2 is 2.13 bits per heavy atom. The molecule has 3 heteroatoms. The van der Waals surface area contributed by atoms with E-state index in [0.717, 1.165) is 19.8 Å². The van der Waals surface area contributed by atoms with E-state index in [2.05, 4.69) is 16.7 Å². The van der Waals surface area contributed by atoms with Crippen molar-refractivity contribution in [2.75, 3.05) is 24.7 Å². The van der Waals surface area contributed by atoms with Crippen LogP contribution in [0.5, 0.6) is 0 Å². The molecular formula is C12H14N2O. The third-order valence-electron chi connectivity index (χ3n) is 2.68. The van der Waals surface area contributed by atoms with Crippen LogP contribution in [0, 0.1) is 6.57 Å². The lowest BCUT2D eigenvalue weighted by molar-refractivity contribution is 0.0989. The van der Waals surface area contributed by atoms with Crippen molar-refractivity contribution in [3.05, 3.63) is 35.7 Å². The fourth-order valence-electron chi connectivity index (χ4n) is 1.83. The predicted octanol–water partition coefficient (Wildman–Crippen LogP) is 2.46. The summed E-state index contributed by atoms with van der Waals surface area (Å²) in [5, 5.41) is 0. The van der Waals surface area contributed by atoms with Gasteiger partial charge in [-0.2, -0.15) is 0 Å². The lowest BCUT2D eigenvalue weighted by Crippen LogP contribution is -2.43. The molecular weight excluding hydrogens is 188 g/mol. The minimum Gasteiger partial charge on any atom is -0.377 e. The Bertz CT molecular complexity index is 366. The van der Waals surface area contributed by atoms with Gasteiger partial charge >= 0.3 is 0 Å². The zero-order valence-electron chi connectivity index (χ0n) is 8.81. The SMILES string of the molecule is [C-]#[N+]c1ccc(N2CCOC[C@@H]2C)cc1. The zero-order valence-corrected chi connectivity index (χ0v) is 8.81. The molecule has 1 aromatic rings. The molecule has 0 aromatic heterocycles. The summed E-state index contributed by atoms with van der Waals surface area (Å²) in [5.41, 5.74) is 1.87. The monoisotopic (exact) mass is 202 g/mol. The van der Waals surface area contributed by atoms with Crippen molar-refractivity contribution in [1.29, 1.82) is 0 Å².